The summed E-state index contributed by atoms with van der Waals surface area (Å²) in [5.41, 5.74) is 3.69. The molecule has 0 fully saturated rings. The lowest BCUT2D eigenvalue weighted by Gasteiger charge is -2.20. The Labute approximate surface area is 153 Å². The van der Waals surface area contributed by atoms with Gasteiger partial charge in [0.2, 0.25) is 0 Å². The number of pyridine rings is 1. The van der Waals surface area contributed by atoms with Gasteiger partial charge in [0.05, 0.1) is 12.6 Å². The Morgan fingerprint density at radius 1 is 1.00 bits per heavy atom. The number of carbonyl (C=O) groups excluding carboxylic acids is 1. The van der Waals surface area contributed by atoms with Crippen LogP contribution in [-0.2, 0) is 11.3 Å². The minimum absolute atomic E-state index is 0.263. The number of rotatable bonds is 6. The quantitative estimate of drug-likeness (QED) is 0.704. The van der Waals surface area contributed by atoms with Gasteiger partial charge in [0.15, 0.2) is 0 Å². The van der Waals surface area contributed by atoms with Crippen molar-refractivity contribution >= 4 is 11.7 Å². The van der Waals surface area contributed by atoms with Crippen LogP contribution in [0, 0.1) is 0 Å². The van der Waals surface area contributed by atoms with E-state index in [1.54, 1.807) is 19.5 Å². The summed E-state index contributed by atoms with van der Waals surface area (Å²) in [6, 6.07) is 20.7. The molecule has 0 aliphatic carbocycles. The Kier molecular flexibility index (Phi) is 5.96. The molecular weight excluding hydrogens is 326 g/mol. The number of carbonyl (C=O) groups is 1. The molecule has 2 N–H and O–H groups in total. The van der Waals surface area contributed by atoms with E-state index in [9.17, 15) is 4.79 Å². The highest BCUT2D eigenvalue weighted by Gasteiger charge is 2.16. The number of benzene rings is 2. The van der Waals surface area contributed by atoms with E-state index in [0.29, 0.717) is 6.61 Å². The van der Waals surface area contributed by atoms with E-state index in [0.717, 1.165) is 22.4 Å². The third kappa shape index (κ3) is 4.68. The molecule has 0 aliphatic rings. The van der Waals surface area contributed by atoms with Gasteiger partial charge in [-0.1, -0.05) is 42.5 Å². The Bertz CT molecular complexity index is 799. The van der Waals surface area contributed by atoms with Gasteiger partial charge in [-0.2, -0.15) is 0 Å². The monoisotopic (exact) mass is 347 g/mol. The Morgan fingerprint density at radius 3 is 2.46 bits per heavy atom. The van der Waals surface area contributed by atoms with Crippen molar-refractivity contribution in [1.29, 1.82) is 0 Å². The summed E-state index contributed by atoms with van der Waals surface area (Å²) >= 11 is 0. The molecule has 0 spiro atoms. The lowest BCUT2D eigenvalue weighted by Crippen LogP contribution is -2.33. The van der Waals surface area contributed by atoms with Gasteiger partial charge in [0, 0.05) is 25.2 Å². The van der Waals surface area contributed by atoms with Crippen LogP contribution in [0.1, 0.15) is 22.7 Å². The molecule has 132 valence electrons. The average Bonchev–Trinajstić information content (AvgIpc) is 2.68. The fourth-order valence-corrected chi connectivity index (χ4v) is 2.76. The maximum atomic E-state index is 12.6. The molecule has 2 aromatic carbocycles. The van der Waals surface area contributed by atoms with Gasteiger partial charge in [-0.15, -0.1) is 0 Å². The van der Waals surface area contributed by atoms with Crippen molar-refractivity contribution in [3.63, 3.8) is 0 Å². The van der Waals surface area contributed by atoms with Crippen LogP contribution in [0.3, 0.4) is 0 Å². The van der Waals surface area contributed by atoms with Crippen LogP contribution in [-0.4, -0.2) is 18.1 Å². The molecule has 1 atom stereocenters. The fourth-order valence-electron chi connectivity index (χ4n) is 2.76. The number of nitrogens with one attached hydrogen (secondary N) is 2. The van der Waals surface area contributed by atoms with Crippen LogP contribution >= 0.6 is 0 Å². The summed E-state index contributed by atoms with van der Waals surface area (Å²) in [7, 11) is 1.64. The van der Waals surface area contributed by atoms with Crippen molar-refractivity contribution < 1.29 is 9.53 Å². The van der Waals surface area contributed by atoms with E-state index in [2.05, 4.69) is 15.6 Å². The van der Waals surface area contributed by atoms with E-state index < -0.39 is 0 Å². The van der Waals surface area contributed by atoms with E-state index >= 15 is 0 Å². The summed E-state index contributed by atoms with van der Waals surface area (Å²) in [6.45, 7) is 0.501. The summed E-state index contributed by atoms with van der Waals surface area (Å²) < 4.78 is 5.13. The van der Waals surface area contributed by atoms with Gasteiger partial charge in [-0.3, -0.25) is 4.98 Å². The highest BCUT2D eigenvalue weighted by atomic mass is 16.5. The van der Waals surface area contributed by atoms with Crippen LogP contribution in [0.5, 0.6) is 0 Å². The number of aromatic nitrogens is 1. The minimum Gasteiger partial charge on any atom is -0.380 e. The van der Waals surface area contributed by atoms with Gasteiger partial charge in [-0.25, -0.2) is 4.79 Å². The fraction of sp³-hybridized carbons (Fsp3) is 0.143. The average molecular weight is 347 g/mol. The molecule has 3 rings (SSSR count). The maximum absolute atomic E-state index is 12.6. The number of hydrogen-bond acceptors (Lipinski definition) is 3. The molecule has 0 aliphatic heterocycles. The minimum atomic E-state index is -0.273. The van der Waals surface area contributed by atoms with Gasteiger partial charge >= 0.3 is 6.03 Å². The zero-order valence-electron chi connectivity index (χ0n) is 14.6. The first kappa shape index (κ1) is 17.6. The molecule has 1 heterocycles. The van der Waals surface area contributed by atoms with Gasteiger partial charge < -0.3 is 15.4 Å². The Morgan fingerprint density at radius 2 is 1.73 bits per heavy atom. The van der Waals surface area contributed by atoms with Crippen LogP contribution in [0.25, 0.3) is 0 Å². The summed E-state index contributed by atoms with van der Waals surface area (Å²) in [4.78, 5) is 16.6. The normalized spacial score (nSPS) is 11.6. The Balaban J connectivity index is 1.77. The molecule has 3 aromatic rings. The molecular formula is C21H21N3O2. The molecule has 1 unspecified atom stereocenters. The van der Waals surface area contributed by atoms with Crippen LogP contribution in [0.15, 0.2) is 79.1 Å². The van der Waals surface area contributed by atoms with Crippen LogP contribution < -0.4 is 10.6 Å². The predicted octanol–water partition coefficient (Wildman–Crippen LogP) is 4.14. The number of anilines is 1. The van der Waals surface area contributed by atoms with Gasteiger partial charge in [0.25, 0.3) is 0 Å². The number of amides is 2. The second-order valence-corrected chi connectivity index (χ2v) is 5.86. The van der Waals surface area contributed by atoms with Crippen molar-refractivity contribution in [3.05, 3.63) is 95.8 Å². The molecule has 2 amide bonds. The van der Waals surface area contributed by atoms with Crippen molar-refractivity contribution in [3.8, 4) is 0 Å². The zero-order valence-corrected chi connectivity index (χ0v) is 14.6. The lowest BCUT2D eigenvalue weighted by atomic mass is 10.00. The SMILES string of the molecule is COCc1cccc(NC(=O)NC(c2ccccc2)c2ccncc2)c1. The summed E-state index contributed by atoms with van der Waals surface area (Å²) in [5.74, 6) is 0. The molecule has 5 heteroatoms. The molecule has 1 aromatic heterocycles. The van der Waals surface area contributed by atoms with E-state index in [-0.39, 0.29) is 12.1 Å². The lowest BCUT2D eigenvalue weighted by molar-refractivity contribution is 0.185. The summed E-state index contributed by atoms with van der Waals surface area (Å²) in [5, 5.41) is 5.93. The number of ether oxygens (including phenoxy) is 1. The second-order valence-electron chi connectivity index (χ2n) is 5.86. The van der Waals surface area contributed by atoms with E-state index in [4.69, 9.17) is 4.74 Å². The third-order valence-corrected chi connectivity index (χ3v) is 3.94. The van der Waals surface area contributed by atoms with Crippen molar-refractivity contribution in [2.24, 2.45) is 0 Å². The largest absolute Gasteiger partial charge is 0.380 e. The van der Waals surface area contributed by atoms with E-state index in [1.807, 2.05) is 66.7 Å². The van der Waals surface area contributed by atoms with Crippen LogP contribution in [0.2, 0.25) is 0 Å². The van der Waals surface area contributed by atoms with Crippen LogP contribution in [0.4, 0.5) is 10.5 Å². The number of urea groups is 1. The molecule has 0 bridgehead atoms. The Hall–Kier alpha value is -3.18. The van der Waals surface area contributed by atoms with Crippen molar-refractivity contribution in [2.45, 2.75) is 12.6 Å². The van der Waals surface area contributed by atoms with E-state index in [1.165, 1.54) is 0 Å². The van der Waals surface area contributed by atoms with Gasteiger partial charge in [-0.05, 0) is 41.0 Å². The smallest absolute Gasteiger partial charge is 0.319 e. The molecule has 0 radical (unpaired) electrons. The first-order valence-electron chi connectivity index (χ1n) is 8.36. The molecule has 0 saturated carbocycles. The molecule has 5 nitrogen and oxygen atoms in total. The highest BCUT2D eigenvalue weighted by Crippen LogP contribution is 2.21. The second kappa shape index (κ2) is 8.78. The topological polar surface area (TPSA) is 63.2 Å². The first-order chi connectivity index (χ1) is 12.8. The summed E-state index contributed by atoms with van der Waals surface area (Å²) in [6.07, 6.45) is 3.44. The maximum Gasteiger partial charge on any atom is 0.319 e. The van der Waals surface area contributed by atoms with Gasteiger partial charge in [0.1, 0.15) is 0 Å². The first-order valence-corrected chi connectivity index (χ1v) is 8.36. The number of nitrogens with zero attached hydrogens (tertiary/aromatic N) is 1. The number of methoxy groups -OCH3 is 1. The van der Waals surface area contributed by atoms with Crippen molar-refractivity contribution in [2.75, 3.05) is 12.4 Å². The third-order valence-electron chi connectivity index (χ3n) is 3.94. The van der Waals surface area contributed by atoms with Crippen molar-refractivity contribution in [1.82, 2.24) is 10.3 Å². The number of hydrogen-bond donors (Lipinski definition) is 2. The standard InChI is InChI=1S/C21H21N3O2/c1-26-15-16-6-5-9-19(14-16)23-21(25)24-20(17-7-3-2-4-8-17)18-10-12-22-13-11-18/h2-14,20H,15H2,1H3,(H2,23,24,25). The zero-order chi connectivity index (χ0) is 18.2. The highest BCUT2D eigenvalue weighted by molar-refractivity contribution is 5.89. The predicted molar refractivity (Wildman–Crippen MR) is 102 cm³/mol. The molecule has 0 saturated heterocycles. The molecule has 26 heavy (non-hydrogen) atoms.